The van der Waals surface area contributed by atoms with Crippen molar-refractivity contribution in [2.24, 2.45) is 0 Å². The molecule has 0 spiro atoms. The molecule has 0 unspecified atom stereocenters. The largest absolute Gasteiger partial charge is 0.496 e. The highest BCUT2D eigenvalue weighted by Crippen LogP contribution is 2.36. The van der Waals surface area contributed by atoms with Gasteiger partial charge in [-0.3, -0.25) is 0 Å². The molecule has 22 heavy (non-hydrogen) atoms. The maximum atomic E-state index is 6.05. The predicted molar refractivity (Wildman–Crippen MR) is 89.5 cm³/mol. The topological polar surface area (TPSA) is 49.2 Å². The third-order valence-electron chi connectivity index (χ3n) is 4.30. The second-order valence-electron chi connectivity index (χ2n) is 6.62. The first-order valence-corrected chi connectivity index (χ1v) is 8.02. The lowest BCUT2D eigenvalue weighted by Crippen LogP contribution is -2.41. The van der Waals surface area contributed by atoms with Crippen LogP contribution in [-0.4, -0.2) is 33.1 Å². The Hall–Kier alpha value is -1.18. The molecule has 0 radical (unpaired) electrons. The SMILES string of the molecule is Cc1cnn(-c2ncc(B3OC(C)(C)C(C)(C)O3)cc2Br)c1. The van der Waals surface area contributed by atoms with E-state index >= 15 is 0 Å². The van der Waals surface area contributed by atoms with Crippen molar-refractivity contribution in [2.45, 2.75) is 45.8 Å². The van der Waals surface area contributed by atoms with Crippen molar-refractivity contribution in [1.29, 1.82) is 0 Å². The Labute approximate surface area is 139 Å². The minimum atomic E-state index is -0.415. The molecule has 0 aliphatic carbocycles. The zero-order chi connectivity index (χ0) is 16.1. The van der Waals surface area contributed by atoms with Crippen LogP contribution in [0.5, 0.6) is 0 Å². The fraction of sp³-hybridized carbons (Fsp3) is 0.467. The summed E-state index contributed by atoms with van der Waals surface area (Å²) >= 11 is 3.56. The van der Waals surface area contributed by atoms with Crippen LogP contribution in [0.25, 0.3) is 5.82 Å². The first-order valence-electron chi connectivity index (χ1n) is 7.22. The number of rotatable bonds is 2. The van der Waals surface area contributed by atoms with Crippen molar-refractivity contribution in [3.05, 3.63) is 34.7 Å². The number of hydrogen-bond acceptors (Lipinski definition) is 4. The van der Waals surface area contributed by atoms with E-state index in [9.17, 15) is 0 Å². The lowest BCUT2D eigenvalue weighted by molar-refractivity contribution is 0.00578. The van der Waals surface area contributed by atoms with E-state index in [1.807, 2.05) is 46.9 Å². The van der Waals surface area contributed by atoms with Crippen LogP contribution in [0.4, 0.5) is 0 Å². The van der Waals surface area contributed by atoms with Crippen LogP contribution >= 0.6 is 15.9 Å². The summed E-state index contributed by atoms with van der Waals surface area (Å²) in [5, 5.41) is 4.28. The Morgan fingerprint density at radius 3 is 2.27 bits per heavy atom. The van der Waals surface area contributed by atoms with Crippen LogP contribution in [0.2, 0.25) is 0 Å². The quantitative estimate of drug-likeness (QED) is 0.769. The molecule has 1 aliphatic heterocycles. The van der Waals surface area contributed by atoms with Crippen LogP contribution < -0.4 is 5.46 Å². The second-order valence-corrected chi connectivity index (χ2v) is 7.48. The van der Waals surface area contributed by atoms with Gasteiger partial charge in [-0.05, 0) is 62.2 Å². The maximum Gasteiger partial charge on any atom is 0.496 e. The summed E-state index contributed by atoms with van der Waals surface area (Å²) < 4.78 is 14.7. The summed E-state index contributed by atoms with van der Waals surface area (Å²) in [7, 11) is -0.415. The number of aromatic nitrogens is 3. The number of halogens is 1. The number of hydrogen-bond donors (Lipinski definition) is 0. The van der Waals surface area contributed by atoms with E-state index in [0.29, 0.717) is 0 Å². The Morgan fingerprint density at radius 2 is 1.77 bits per heavy atom. The lowest BCUT2D eigenvalue weighted by atomic mass is 9.80. The fourth-order valence-corrected chi connectivity index (χ4v) is 2.80. The summed E-state index contributed by atoms with van der Waals surface area (Å²) in [6.07, 6.45) is 5.51. The Kier molecular flexibility index (Phi) is 3.70. The summed E-state index contributed by atoms with van der Waals surface area (Å²) in [4.78, 5) is 4.50. The predicted octanol–water partition coefficient (Wildman–Crippen LogP) is 2.64. The molecular weight excluding hydrogens is 345 g/mol. The van der Waals surface area contributed by atoms with Crippen molar-refractivity contribution in [3.8, 4) is 5.82 Å². The van der Waals surface area contributed by atoms with Gasteiger partial charge in [0, 0.05) is 17.9 Å². The van der Waals surface area contributed by atoms with Crippen LogP contribution in [0.1, 0.15) is 33.3 Å². The zero-order valence-electron chi connectivity index (χ0n) is 13.4. The minimum absolute atomic E-state index is 0.359. The average molecular weight is 364 g/mol. The van der Waals surface area contributed by atoms with E-state index in [0.717, 1.165) is 21.3 Å². The minimum Gasteiger partial charge on any atom is -0.399 e. The summed E-state index contributed by atoms with van der Waals surface area (Å²) in [5.74, 6) is 0.744. The van der Waals surface area contributed by atoms with Gasteiger partial charge >= 0.3 is 7.12 Å². The van der Waals surface area contributed by atoms with Crippen LogP contribution in [-0.2, 0) is 9.31 Å². The summed E-state index contributed by atoms with van der Waals surface area (Å²) in [6, 6.07) is 1.97. The zero-order valence-corrected chi connectivity index (χ0v) is 15.0. The summed E-state index contributed by atoms with van der Waals surface area (Å²) in [6.45, 7) is 10.1. The van der Waals surface area contributed by atoms with Crippen molar-refractivity contribution in [3.63, 3.8) is 0 Å². The fourth-order valence-electron chi connectivity index (χ4n) is 2.25. The van der Waals surface area contributed by atoms with E-state index in [-0.39, 0.29) is 11.2 Å². The summed E-state index contributed by atoms with van der Waals surface area (Å²) in [5.41, 5.74) is 1.26. The third kappa shape index (κ3) is 2.62. The van der Waals surface area contributed by atoms with Crippen LogP contribution in [0, 0.1) is 6.92 Å². The van der Waals surface area contributed by atoms with Crippen molar-refractivity contribution in [1.82, 2.24) is 14.8 Å². The highest BCUT2D eigenvalue weighted by atomic mass is 79.9. The third-order valence-corrected chi connectivity index (χ3v) is 4.88. The Morgan fingerprint density at radius 1 is 1.14 bits per heavy atom. The smallest absolute Gasteiger partial charge is 0.399 e. The van der Waals surface area contributed by atoms with Gasteiger partial charge < -0.3 is 9.31 Å². The molecule has 7 heteroatoms. The van der Waals surface area contributed by atoms with Gasteiger partial charge in [-0.2, -0.15) is 5.10 Å². The van der Waals surface area contributed by atoms with Gasteiger partial charge in [0.1, 0.15) is 0 Å². The second kappa shape index (κ2) is 5.18. The first kappa shape index (κ1) is 15.7. The molecular formula is C15H19BBrN3O2. The van der Waals surface area contributed by atoms with Gasteiger partial charge in [0.15, 0.2) is 5.82 Å². The number of aryl methyl sites for hydroxylation is 1. The Balaban J connectivity index is 1.90. The van der Waals surface area contributed by atoms with E-state index < -0.39 is 7.12 Å². The molecule has 0 saturated carbocycles. The number of pyridine rings is 1. The molecule has 0 amide bonds. The van der Waals surface area contributed by atoms with Gasteiger partial charge in [-0.15, -0.1) is 0 Å². The van der Waals surface area contributed by atoms with E-state index in [1.165, 1.54) is 0 Å². The molecule has 5 nitrogen and oxygen atoms in total. The van der Waals surface area contributed by atoms with Gasteiger partial charge in [-0.1, -0.05) is 0 Å². The van der Waals surface area contributed by atoms with Crippen molar-refractivity contribution < 1.29 is 9.31 Å². The molecule has 2 aromatic rings. The molecule has 116 valence electrons. The van der Waals surface area contributed by atoms with Crippen LogP contribution in [0.15, 0.2) is 29.1 Å². The highest BCUT2D eigenvalue weighted by molar-refractivity contribution is 9.10. The Bertz CT molecular complexity index is 699. The molecule has 0 atom stereocenters. The molecule has 3 rings (SSSR count). The number of nitrogens with zero attached hydrogens (tertiary/aromatic N) is 3. The van der Waals surface area contributed by atoms with Gasteiger partial charge in [0.2, 0.25) is 0 Å². The maximum absolute atomic E-state index is 6.05. The molecule has 0 aromatic carbocycles. The molecule has 1 saturated heterocycles. The van der Waals surface area contributed by atoms with E-state index in [2.05, 4.69) is 26.0 Å². The molecule has 0 bridgehead atoms. The standard InChI is InChI=1S/C15H19BBrN3O2/c1-10-7-19-20(9-10)13-12(17)6-11(8-18-13)16-21-14(2,3)15(4,5)22-16/h6-9H,1-5H3. The highest BCUT2D eigenvalue weighted by Gasteiger charge is 2.51. The van der Waals surface area contributed by atoms with E-state index in [1.54, 1.807) is 17.1 Å². The molecule has 2 aromatic heterocycles. The molecule has 1 fully saturated rings. The molecule has 3 heterocycles. The normalized spacial score (nSPS) is 19.6. The lowest BCUT2D eigenvalue weighted by Gasteiger charge is -2.32. The van der Waals surface area contributed by atoms with Gasteiger partial charge in [-0.25, -0.2) is 9.67 Å². The van der Waals surface area contributed by atoms with Crippen molar-refractivity contribution in [2.75, 3.05) is 0 Å². The van der Waals surface area contributed by atoms with Crippen LogP contribution in [0.3, 0.4) is 0 Å². The molecule has 0 N–H and O–H groups in total. The van der Waals surface area contributed by atoms with Gasteiger partial charge in [0.05, 0.1) is 21.9 Å². The van der Waals surface area contributed by atoms with E-state index in [4.69, 9.17) is 9.31 Å². The monoisotopic (exact) mass is 363 g/mol. The van der Waals surface area contributed by atoms with Crippen molar-refractivity contribution >= 4 is 28.5 Å². The molecule has 1 aliphatic rings. The van der Waals surface area contributed by atoms with Gasteiger partial charge in [0.25, 0.3) is 0 Å². The first-order chi connectivity index (χ1) is 10.2. The average Bonchev–Trinajstić information content (AvgIpc) is 2.91.